The zero-order chi connectivity index (χ0) is 12.8. The summed E-state index contributed by atoms with van der Waals surface area (Å²) in [5, 5.41) is 14.1. The van der Waals surface area contributed by atoms with Gasteiger partial charge < -0.3 is 10.1 Å². The molecule has 0 saturated carbocycles. The van der Waals surface area contributed by atoms with Crippen molar-refractivity contribution in [3.8, 4) is 0 Å². The van der Waals surface area contributed by atoms with Gasteiger partial charge >= 0.3 is 0 Å². The molecule has 1 saturated heterocycles. The summed E-state index contributed by atoms with van der Waals surface area (Å²) in [6, 6.07) is 0.349. The first-order valence-corrected chi connectivity index (χ1v) is 7.76. The van der Waals surface area contributed by atoms with Crippen LogP contribution in [-0.2, 0) is 11.2 Å². The summed E-state index contributed by atoms with van der Waals surface area (Å²) >= 11 is 1.74. The van der Waals surface area contributed by atoms with Gasteiger partial charge in [0.05, 0.1) is 12.1 Å². The highest BCUT2D eigenvalue weighted by atomic mass is 32.1. The van der Waals surface area contributed by atoms with Crippen LogP contribution in [0.3, 0.4) is 0 Å². The molecular formula is C13H23N3OS. The fraction of sp³-hybridized carbons (Fsp3) is 0.846. The van der Waals surface area contributed by atoms with E-state index in [2.05, 4.69) is 22.4 Å². The number of rotatable bonds is 6. The largest absolute Gasteiger partial charge is 0.378 e. The minimum Gasteiger partial charge on any atom is -0.378 e. The van der Waals surface area contributed by atoms with Gasteiger partial charge in [0.15, 0.2) is 0 Å². The molecule has 2 rings (SSSR count). The maximum absolute atomic E-state index is 5.74. The van der Waals surface area contributed by atoms with E-state index >= 15 is 0 Å². The number of nitrogens with zero attached hydrogens (tertiary/aromatic N) is 2. The number of aromatic nitrogens is 2. The van der Waals surface area contributed by atoms with Gasteiger partial charge in [-0.1, -0.05) is 18.3 Å². The van der Waals surface area contributed by atoms with Gasteiger partial charge in [-0.2, -0.15) is 0 Å². The molecule has 102 valence electrons. The van der Waals surface area contributed by atoms with E-state index in [0.717, 1.165) is 35.9 Å². The molecule has 0 amide bonds. The highest BCUT2D eigenvalue weighted by Gasteiger charge is 2.16. The molecule has 1 fully saturated rings. The van der Waals surface area contributed by atoms with E-state index in [9.17, 15) is 0 Å². The average molecular weight is 269 g/mol. The summed E-state index contributed by atoms with van der Waals surface area (Å²) in [6.45, 7) is 3.10. The quantitative estimate of drug-likeness (QED) is 0.862. The van der Waals surface area contributed by atoms with Gasteiger partial charge in [-0.25, -0.2) is 0 Å². The van der Waals surface area contributed by atoms with E-state index in [4.69, 9.17) is 4.74 Å². The molecule has 2 unspecified atom stereocenters. The summed E-state index contributed by atoms with van der Waals surface area (Å²) in [7, 11) is 1.98. The molecule has 18 heavy (non-hydrogen) atoms. The van der Waals surface area contributed by atoms with Crippen LogP contribution in [0.4, 0.5) is 0 Å². The van der Waals surface area contributed by atoms with Crippen molar-refractivity contribution in [2.45, 2.75) is 57.6 Å². The summed E-state index contributed by atoms with van der Waals surface area (Å²) in [5.74, 6) is 0. The van der Waals surface area contributed by atoms with Crippen LogP contribution < -0.4 is 5.32 Å². The van der Waals surface area contributed by atoms with Gasteiger partial charge in [0.2, 0.25) is 0 Å². The fourth-order valence-corrected chi connectivity index (χ4v) is 3.38. The first-order valence-electron chi connectivity index (χ1n) is 6.94. The highest BCUT2D eigenvalue weighted by Crippen LogP contribution is 2.23. The predicted molar refractivity (Wildman–Crippen MR) is 73.9 cm³/mol. The topological polar surface area (TPSA) is 47.0 Å². The van der Waals surface area contributed by atoms with Gasteiger partial charge in [-0.15, -0.1) is 10.2 Å². The maximum Gasteiger partial charge on any atom is 0.134 e. The van der Waals surface area contributed by atoms with Crippen LogP contribution in [0.5, 0.6) is 0 Å². The molecular weight excluding hydrogens is 246 g/mol. The van der Waals surface area contributed by atoms with Crippen molar-refractivity contribution in [2.24, 2.45) is 0 Å². The standard InChI is InChI=1S/C13H23N3OS/c1-3-11(14-2)13-16-15-12(18-13)8-7-10-6-4-5-9-17-10/h10-11,14H,3-9H2,1-2H3. The fourth-order valence-electron chi connectivity index (χ4n) is 2.33. The number of aryl methyl sites for hydroxylation is 1. The second-order valence-corrected chi connectivity index (χ2v) is 5.90. The molecule has 5 heteroatoms. The van der Waals surface area contributed by atoms with Crippen molar-refractivity contribution in [2.75, 3.05) is 13.7 Å². The molecule has 0 aliphatic carbocycles. The van der Waals surface area contributed by atoms with E-state index in [1.165, 1.54) is 19.3 Å². The normalized spacial score (nSPS) is 22.0. The van der Waals surface area contributed by atoms with Gasteiger partial charge in [0.25, 0.3) is 0 Å². The summed E-state index contributed by atoms with van der Waals surface area (Å²) < 4.78 is 5.74. The van der Waals surface area contributed by atoms with Crippen molar-refractivity contribution in [3.05, 3.63) is 10.0 Å². The Balaban J connectivity index is 1.82. The van der Waals surface area contributed by atoms with Gasteiger partial charge in [0, 0.05) is 13.0 Å². The lowest BCUT2D eigenvalue weighted by Gasteiger charge is -2.21. The van der Waals surface area contributed by atoms with Gasteiger partial charge in [0.1, 0.15) is 10.0 Å². The summed E-state index contributed by atoms with van der Waals surface area (Å²) in [4.78, 5) is 0. The Morgan fingerprint density at radius 1 is 1.44 bits per heavy atom. The van der Waals surface area contributed by atoms with Crippen molar-refractivity contribution in [1.82, 2.24) is 15.5 Å². The Hall–Kier alpha value is -0.520. The van der Waals surface area contributed by atoms with Crippen molar-refractivity contribution < 1.29 is 4.74 Å². The van der Waals surface area contributed by atoms with E-state index in [0.29, 0.717) is 12.1 Å². The van der Waals surface area contributed by atoms with Crippen molar-refractivity contribution in [3.63, 3.8) is 0 Å². The monoisotopic (exact) mass is 269 g/mol. The Labute approximate surface area is 113 Å². The Kier molecular flexibility index (Phi) is 5.53. The Morgan fingerprint density at radius 2 is 2.33 bits per heavy atom. The van der Waals surface area contributed by atoms with E-state index < -0.39 is 0 Å². The third-order valence-corrected chi connectivity index (χ3v) is 4.59. The predicted octanol–water partition coefficient (Wildman–Crippen LogP) is 2.71. The Morgan fingerprint density at radius 3 is 3.00 bits per heavy atom. The van der Waals surface area contributed by atoms with E-state index in [1.54, 1.807) is 11.3 Å². The maximum atomic E-state index is 5.74. The molecule has 0 radical (unpaired) electrons. The van der Waals surface area contributed by atoms with Crippen LogP contribution in [0, 0.1) is 0 Å². The first-order chi connectivity index (χ1) is 8.83. The lowest BCUT2D eigenvalue weighted by atomic mass is 10.1. The molecule has 0 aromatic carbocycles. The Bertz CT molecular complexity index is 346. The van der Waals surface area contributed by atoms with Crippen molar-refractivity contribution in [1.29, 1.82) is 0 Å². The molecule has 1 aliphatic heterocycles. The third-order valence-electron chi connectivity index (χ3n) is 3.49. The molecule has 1 aromatic heterocycles. The van der Waals surface area contributed by atoms with Crippen LogP contribution in [0.15, 0.2) is 0 Å². The SMILES string of the molecule is CCC(NC)c1nnc(CCC2CCCCO2)s1. The molecule has 2 heterocycles. The first kappa shape index (κ1) is 13.9. The molecule has 0 bridgehead atoms. The summed E-state index contributed by atoms with van der Waals surface area (Å²) in [6.07, 6.45) is 7.32. The molecule has 4 nitrogen and oxygen atoms in total. The second-order valence-electron chi connectivity index (χ2n) is 4.81. The van der Waals surface area contributed by atoms with E-state index in [1.807, 2.05) is 7.05 Å². The second kappa shape index (κ2) is 7.16. The minimum atomic E-state index is 0.349. The smallest absolute Gasteiger partial charge is 0.134 e. The molecule has 1 N–H and O–H groups in total. The van der Waals surface area contributed by atoms with Gasteiger partial charge in [-0.05, 0) is 39.2 Å². The van der Waals surface area contributed by atoms with Crippen LogP contribution in [0.2, 0.25) is 0 Å². The number of hydrogen-bond acceptors (Lipinski definition) is 5. The zero-order valence-corrected chi connectivity index (χ0v) is 12.1. The summed E-state index contributed by atoms with van der Waals surface area (Å²) in [5.41, 5.74) is 0. The van der Waals surface area contributed by atoms with Crippen molar-refractivity contribution >= 4 is 11.3 Å². The van der Waals surface area contributed by atoms with Gasteiger partial charge in [-0.3, -0.25) is 0 Å². The van der Waals surface area contributed by atoms with Crippen LogP contribution in [0.25, 0.3) is 0 Å². The number of nitrogens with one attached hydrogen (secondary N) is 1. The highest BCUT2D eigenvalue weighted by molar-refractivity contribution is 7.11. The molecule has 2 atom stereocenters. The number of hydrogen-bond donors (Lipinski definition) is 1. The lowest BCUT2D eigenvalue weighted by molar-refractivity contribution is 0.0115. The van der Waals surface area contributed by atoms with Crippen LogP contribution in [0.1, 0.15) is 55.1 Å². The average Bonchev–Trinajstić information content (AvgIpc) is 2.88. The van der Waals surface area contributed by atoms with Crippen LogP contribution in [-0.4, -0.2) is 30.0 Å². The lowest BCUT2D eigenvalue weighted by Crippen LogP contribution is -2.19. The van der Waals surface area contributed by atoms with E-state index in [-0.39, 0.29) is 0 Å². The van der Waals surface area contributed by atoms with Crippen LogP contribution >= 0.6 is 11.3 Å². The zero-order valence-electron chi connectivity index (χ0n) is 11.3. The minimum absolute atomic E-state index is 0.349. The molecule has 1 aliphatic rings. The third kappa shape index (κ3) is 3.73. The molecule has 1 aromatic rings. The number of ether oxygens (including phenoxy) is 1. The molecule has 0 spiro atoms.